The minimum absolute atomic E-state index is 0.0596. The molecule has 1 heterocycles. The molecule has 0 radical (unpaired) electrons. The highest BCUT2D eigenvalue weighted by Gasteiger charge is 2.12. The van der Waals surface area contributed by atoms with Gasteiger partial charge in [-0.25, -0.2) is 0 Å². The summed E-state index contributed by atoms with van der Waals surface area (Å²) in [7, 11) is 1.64. The zero-order valence-corrected chi connectivity index (χ0v) is 11.2. The van der Waals surface area contributed by atoms with Crippen molar-refractivity contribution >= 4 is 16.8 Å². The highest BCUT2D eigenvalue weighted by Crippen LogP contribution is 2.25. The topological polar surface area (TPSA) is 31.2 Å². The third-order valence-corrected chi connectivity index (χ3v) is 3.19. The molecule has 1 aromatic carbocycles. The second-order valence-electron chi connectivity index (χ2n) is 4.52. The number of benzene rings is 1. The fraction of sp³-hybridized carbons (Fsp3) is 0.400. The number of aryl methyl sites for hydroxylation is 1. The minimum atomic E-state index is 0.0596. The standard InChI is InChI=1S/C15H19NO2/c1-4-5-6-13-9-12-7-8-14(18-3)10-15(12)16(13)11(2)17/h7-10H,4-6H2,1-3H3. The van der Waals surface area contributed by atoms with Crippen molar-refractivity contribution in [3.63, 3.8) is 0 Å². The van der Waals surface area contributed by atoms with E-state index < -0.39 is 0 Å². The number of aromatic nitrogens is 1. The van der Waals surface area contributed by atoms with E-state index in [-0.39, 0.29) is 5.91 Å². The Morgan fingerprint density at radius 2 is 2.11 bits per heavy atom. The van der Waals surface area contributed by atoms with Gasteiger partial charge in [0.1, 0.15) is 5.75 Å². The molecule has 0 aliphatic heterocycles. The number of carbonyl (C=O) groups excluding carboxylic acids is 1. The highest BCUT2D eigenvalue weighted by atomic mass is 16.5. The van der Waals surface area contributed by atoms with E-state index in [0.717, 1.165) is 41.6 Å². The summed E-state index contributed by atoms with van der Waals surface area (Å²) >= 11 is 0. The van der Waals surface area contributed by atoms with Crippen molar-refractivity contribution in [2.24, 2.45) is 0 Å². The summed E-state index contributed by atoms with van der Waals surface area (Å²) in [5, 5.41) is 1.09. The quantitative estimate of drug-likeness (QED) is 0.823. The maximum atomic E-state index is 11.8. The third kappa shape index (κ3) is 2.26. The van der Waals surface area contributed by atoms with Gasteiger partial charge in [-0.15, -0.1) is 0 Å². The maximum absolute atomic E-state index is 11.8. The van der Waals surface area contributed by atoms with Gasteiger partial charge in [-0.3, -0.25) is 9.36 Å². The van der Waals surface area contributed by atoms with Crippen LogP contribution in [0.2, 0.25) is 0 Å². The van der Waals surface area contributed by atoms with Crippen molar-refractivity contribution < 1.29 is 9.53 Å². The lowest BCUT2D eigenvalue weighted by atomic mass is 10.2. The lowest BCUT2D eigenvalue weighted by Crippen LogP contribution is -2.09. The van der Waals surface area contributed by atoms with Crippen LogP contribution in [0.3, 0.4) is 0 Å². The van der Waals surface area contributed by atoms with Crippen LogP contribution in [-0.2, 0) is 6.42 Å². The molecule has 0 N–H and O–H groups in total. The Balaban J connectivity index is 2.57. The number of hydrogen-bond donors (Lipinski definition) is 0. The second kappa shape index (κ2) is 5.25. The zero-order chi connectivity index (χ0) is 13.1. The normalized spacial score (nSPS) is 10.8. The molecule has 0 atom stereocenters. The Hall–Kier alpha value is -1.77. The fourth-order valence-electron chi connectivity index (χ4n) is 2.28. The smallest absolute Gasteiger partial charge is 0.228 e. The summed E-state index contributed by atoms with van der Waals surface area (Å²) < 4.78 is 7.02. The van der Waals surface area contributed by atoms with Gasteiger partial charge < -0.3 is 4.74 Å². The SMILES string of the molecule is CCCCc1cc2ccc(OC)cc2n1C(C)=O. The summed E-state index contributed by atoms with van der Waals surface area (Å²) in [5.41, 5.74) is 2.03. The number of hydrogen-bond acceptors (Lipinski definition) is 2. The Morgan fingerprint density at radius 1 is 1.33 bits per heavy atom. The van der Waals surface area contributed by atoms with Crippen molar-refractivity contribution in [1.29, 1.82) is 0 Å². The van der Waals surface area contributed by atoms with E-state index in [0.29, 0.717) is 0 Å². The highest BCUT2D eigenvalue weighted by molar-refractivity contribution is 5.93. The molecule has 0 fully saturated rings. The molecule has 0 amide bonds. The van der Waals surface area contributed by atoms with Crippen LogP contribution in [-0.4, -0.2) is 17.6 Å². The molecule has 2 aromatic rings. The summed E-state index contributed by atoms with van der Waals surface area (Å²) in [4.78, 5) is 11.8. The molecule has 0 saturated carbocycles. The number of methoxy groups -OCH3 is 1. The lowest BCUT2D eigenvalue weighted by Gasteiger charge is -2.06. The first kappa shape index (κ1) is 12.7. The number of ether oxygens (including phenoxy) is 1. The van der Waals surface area contributed by atoms with E-state index in [9.17, 15) is 4.79 Å². The number of carbonyl (C=O) groups is 1. The van der Waals surface area contributed by atoms with Crippen LogP contribution in [0.4, 0.5) is 0 Å². The number of rotatable bonds is 4. The first-order valence-electron chi connectivity index (χ1n) is 6.36. The zero-order valence-electron chi connectivity index (χ0n) is 11.2. The van der Waals surface area contributed by atoms with Gasteiger partial charge >= 0.3 is 0 Å². The van der Waals surface area contributed by atoms with Crippen LogP contribution in [0.1, 0.15) is 37.2 Å². The first-order valence-corrected chi connectivity index (χ1v) is 6.36. The van der Waals surface area contributed by atoms with Gasteiger partial charge in [0.25, 0.3) is 0 Å². The molecule has 2 rings (SSSR count). The van der Waals surface area contributed by atoms with Gasteiger partial charge in [0.2, 0.25) is 5.91 Å². The fourth-order valence-corrected chi connectivity index (χ4v) is 2.28. The molecular formula is C15H19NO2. The van der Waals surface area contributed by atoms with Crippen molar-refractivity contribution in [3.05, 3.63) is 30.0 Å². The van der Waals surface area contributed by atoms with E-state index in [1.807, 2.05) is 18.2 Å². The molecule has 0 unspecified atom stereocenters. The van der Waals surface area contributed by atoms with Crippen LogP contribution in [0, 0.1) is 0 Å². The van der Waals surface area contributed by atoms with E-state index in [1.54, 1.807) is 18.6 Å². The molecule has 0 bridgehead atoms. The van der Waals surface area contributed by atoms with Crippen molar-refractivity contribution in [2.45, 2.75) is 33.1 Å². The molecule has 1 aromatic heterocycles. The average molecular weight is 245 g/mol. The molecule has 18 heavy (non-hydrogen) atoms. The van der Waals surface area contributed by atoms with Gasteiger partial charge in [0, 0.05) is 24.1 Å². The Bertz CT molecular complexity index is 569. The predicted molar refractivity (Wildman–Crippen MR) is 73.4 cm³/mol. The molecule has 3 nitrogen and oxygen atoms in total. The largest absolute Gasteiger partial charge is 0.497 e. The Kier molecular flexibility index (Phi) is 3.70. The van der Waals surface area contributed by atoms with Gasteiger partial charge in [-0.2, -0.15) is 0 Å². The molecule has 0 saturated heterocycles. The molecule has 3 heteroatoms. The summed E-state index contributed by atoms with van der Waals surface area (Å²) in [6, 6.07) is 7.96. The molecule has 0 spiro atoms. The summed E-state index contributed by atoms with van der Waals surface area (Å²) in [6.45, 7) is 3.76. The monoisotopic (exact) mass is 245 g/mol. The molecule has 0 aliphatic rings. The Labute approximate surface area is 107 Å². The van der Waals surface area contributed by atoms with E-state index in [2.05, 4.69) is 13.0 Å². The molecule has 96 valence electrons. The number of nitrogens with zero attached hydrogens (tertiary/aromatic N) is 1. The van der Waals surface area contributed by atoms with E-state index in [1.165, 1.54) is 0 Å². The summed E-state index contributed by atoms with van der Waals surface area (Å²) in [5.74, 6) is 0.842. The summed E-state index contributed by atoms with van der Waals surface area (Å²) in [6.07, 6.45) is 3.16. The Morgan fingerprint density at radius 3 is 2.72 bits per heavy atom. The number of unbranched alkanes of at least 4 members (excludes halogenated alkanes) is 1. The van der Waals surface area contributed by atoms with Gasteiger partial charge in [0.05, 0.1) is 12.6 Å². The average Bonchev–Trinajstić information content (AvgIpc) is 2.73. The maximum Gasteiger partial charge on any atom is 0.228 e. The minimum Gasteiger partial charge on any atom is -0.497 e. The lowest BCUT2D eigenvalue weighted by molar-refractivity contribution is 0.0938. The van der Waals surface area contributed by atoms with Crippen molar-refractivity contribution in [3.8, 4) is 5.75 Å². The third-order valence-electron chi connectivity index (χ3n) is 3.19. The second-order valence-corrected chi connectivity index (χ2v) is 4.52. The first-order chi connectivity index (χ1) is 8.67. The van der Waals surface area contributed by atoms with Crippen LogP contribution in [0.15, 0.2) is 24.3 Å². The van der Waals surface area contributed by atoms with Gasteiger partial charge in [-0.05, 0) is 31.0 Å². The van der Waals surface area contributed by atoms with Crippen LogP contribution >= 0.6 is 0 Å². The van der Waals surface area contributed by atoms with Crippen LogP contribution in [0.25, 0.3) is 10.9 Å². The van der Waals surface area contributed by atoms with Gasteiger partial charge in [0.15, 0.2) is 0 Å². The van der Waals surface area contributed by atoms with Gasteiger partial charge in [-0.1, -0.05) is 13.3 Å². The molecular weight excluding hydrogens is 226 g/mol. The van der Waals surface area contributed by atoms with Crippen molar-refractivity contribution in [2.75, 3.05) is 7.11 Å². The van der Waals surface area contributed by atoms with E-state index in [4.69, 9.17) is 4.74 Å². The van der Waals surface area contributed by atoms with E-state index >= 15 is 0 Å². The molecule has 0 aliphatic carbocycles. The van der Waals surface area contributed by atoms with Crippen molar-refractivity contribution in [1.82, 2.24) is 4.57 Å². The predicted octanol–water partition coefficient (Wildman–Crippen LogP) is 3.65. The number of fused-ring (bicyclic) bond motifs is 1. The van der Waals surface area contributed by atoms with Crippen LogP contribution in [0.5, 0.6) is 5.75 Å². The van der Waals surface area contributed by atoms with Crippen LogP contribution < -0.4 is 4.74 Å².